The first-order chi connectivity index (χ1) is 8.13. The van der Waals surface area contributed by atoms with Gasteiger partial charge in [0.2, 0.25) is 0 Å². The quantitative estimate of drug-likeness (QED) is 0.870. The summed E-state index contributed by atoms with van der Waals surface area (Å²) in [4.78, 5) is 13.7. The van der Waals surface area contributed by atoms with Crippen molar-refractivity contribution < 1.29 is 9.90 Å². The Kier molecular flexibility index (Phi) is 3.20. The van der Waals surface area contributed by atoms with Crippen LogP contribution in [0.5, 0.6) is 0 Å². The second-order valence-corrected chi connectivity index (χ2v) is 4.69. The van der Waals surface area contributed by atoms with E-state index in [9.17, 15) is 9.90 Å². The fraction of sp³-hybridized carbons (Fsp3) is 0.500. The molecule has 0 amide bonds. The summed E-state index contributed by atoms with van der Waals surface area (Å²) in [7, 11) is 1.90. The van der Waals surface area contributed by atoms with Crippen LogP contribution in [-0.2, 0) is 16.8 Å². The number of carboxylic acid groups (broad SMARTS) is 1. The molecule has 0 heterocycles. The minimum Gasteiger partial charge on any atom is -0.480 e. The number of aryl methyl sites for hydroxylation is 1. The molecule has 1 N–H and O–H groups in total. The highest BCUT2D eigenvalue weighted by molar-refractivity contribution is 5.81. The lowest BCUT2D eigenvalue weighted by Gasteiger charge is -2.42. The Morgan fingerprint density at radius 2 is 2.18 bits per heavy atom. The minimum atomic E-state index is -0.830. The van der Waals surface area contributed by atoms with E-state index in [4.69, 9.17) is 0 Å². The lowest BCUT2D eigenvalue weighted by molar-refractivity contribution is -0.152. The van der Waals surface area contributed by atoms with Crippen LogP contribution in [0.3, 0.4) is 0 Å². The number of fused-ring (bicyclic) bond motifs is 1. The highest BCUT2D eigenvalue weighted by Crippen LogP contribution is 2.39. The van der Waals surface area contributed by atoms with Crippen LogP contribution in [0.25, 0.3) is 0 Å². The van der Waals surface area contributed by atoms with Gasteiger partial charge >= 0.3 is 5.97 Å². The molecule has 3 nitrogen and oxygen atoms in total. The predicted molar refractivity (Wildman–Crippen MR) is 67.0 cm³/mol. The van der Waals surface area contributed by atoms with Crippen LogP contribution in [-0.4, -0.2) is 29.6 Å². The number of benzene rings is 1. The molecule has 1 unspecified atom stereocenters. The summed E-state index contributed by atoms with van der Waals surface area (Å²) >= 11 is 0. The Hall–Kier alpha value is -1.35. The van der Waals surface area contributed by atoms with E-state index in [0.717, 1.165) is 24.9 Å². The van der Waals surface area contributed by atoms with E-state index in [0.29, 0.717) is 6.42 Å². The summed E-state index contributed by atoms with van der Waals surface area (Å²) in [6.07, 6.45) is 2.63. The maximum absolute atomic E-state index is 11.8. The SMILES string of the molecule is CCN(C)C1(C(=O)O)CCCc2ccccc21. The molecular weight excluding hydrogens is 214 g/mol. The molecule has 0 bridgehead atoms. The minimum absolute atomic E-state index is 0.698. The molecule has 1 aliphatic carbocycles. The number of rotatable bonds is 3. The third kappa shape index (κ3) is 1.75. The normalized spacial score (nSPS) is 23.5. The van der Waals surface area contributed by atoms with Crippen LogP contribution >= 0.6 is 0 Å². The second-order valence-electron chi connectivity index (χ2n) is 4.69. The molecule has 1 aromatic carbocycles. The standard InChI is InChI=1S/C14H19NO2/c1-3-15(2)14(13(16)17)10-6-8-11-7-4-5-9-12(11)14/h4-5,7,9H,3,6,8,10H2,1-2H3,(H,16,17). The largest absolute Gasteiger partial charge is 0.480 e. The summed E-state index contributed by atoms with van der Waals surface area (Å²) in [5.74, 6) is -0.728. The van der Waals surface area contributed by atoms with Gasteiger partial charge in [-0.2, -0.15) is 0 Å². The van der Waals surface area contributed by atoms with Crippen LogP contribution in [0.1, 0.15) is 30.9 Å². The molecule has 0 spiro atoms. The summed E-state index contributed by atoms with van der Waals surface area (Å²) in [5, 5.41) is 9.70. The zero-order valence-corrected chi connectivity index (χ0v) is 10.4. The van der Waals surface area contributed by atoms with Gasteiger partial charge in [0, 0.05) is 0 Å². The van der Waals surface area contributed by atoms with E-state index in [-0.39, 0.29) is 0 Å². The van der Waals surface area contributed by atoms with Crippen LogP contribution in [0, 0.1) is 0 Å². The predicted octanol–water partition coefficient (Wildman–Crippen LogP) is 2.25. The van der Waals surface area contributed by atoms with Gasteiger partial charge in [-0.25, -0.2) is 4.79 Å². The molecule has 3 heteroatoms. The van der Waals surface area contributed by atoms with Crippen LogP contribution in [0.4, 0.5) is 0 Å². The molecule has 1 aromatic rings. The van der Waals surface area contributed by atoms with E-state index in [1.807, 2.05) is 37.1 Å². The lowest BCUT2D eigenvalue weighted by Crippen LogP contribution is -2.52. The van der Waals surface area contributed by atoms with Gasteiger partial charge in [0.15, 0.2) is 0 Å². The number of hydrogen-bond acceptors (Lipinski definition) is 2. The third-order valence-corrected chi connectivity index (χ3v) is 3.93. The Bertz CT molecular complexity index is 430. The van der Waals surface area contributed by atoms with E-state index >= 15 is 0 Å². The van der Waals surface area contributed by atoms with Crippen molar-refractivity contribution in [3.8, 4) is 0 Å². The first kappa shape index (κ1) is 12.1. The van der Waals surface area contributed by atoms with Gasteiger partial charge in [-0.3, -0.25) is 4.90 Å². The molecule has 0 fully saturated rings. The Balaban J connectivity index is 2.59. The molecular formula is C14H19NO2. The number of aliphatic carboxylic acids is 1. The van der Waals surface area contributed by atoms with Crippen molar-refractivity contribution in [1.29, 1.82) is 0 Å². The number of nitrogens with zero attached hydrogens (tertiary/aromatic N) is 1. The van der Waals surface area contributed by atoms with E-state index < -0.39 is 11.5 Å². The molecule has 0 radical (unpaired) electrons. The second kappa shape index (κ2) is 4.49. The van der Waals surface area contributed by atoms with E-state index in [1.54, 1.807) is 0 Å². The molecule has 92 valence electrons. The van der Waals surface area contributed by atoms with Gasteiger partial charge in [0.25, 0.3) is 0 Å². The van der Waals surface area contributed by atoms with Crippen molar-refractivity contribution in [1.82, 2.24) is 4.90 Å². The average Bonchev–Trinajstić information content (AvgIpc) is 2.36. The highest BCUT2D eigenvalue weighted by Gasteiger charge is 2.46. The van der Waals surface area contributed by atoms with Gasteiger partial charge in [-0.15, -0.1) is 0 Å². The molecule has 2 rings (SSSR count). The number of carbonyl (C=O) groups is 1. The molecule has 1 aliphatic rings. The van der Waals surface area contributed by atoms with Gasteiger partial charge < -0.3 is 5.11 Å². The van der Waals surface area contributed by atoms with Crippen molar-refractivity contribution in [2.24, 2.45) is 0 Å². The monoisotopic (exact) mass is 233 g/mol. The molecule has 1 atom stereocenters. The fourth-order valence-electron chi connectivity index (χ4n) is 2.86. The maximum Gasteiger partial charge on any atom is 0.328 e. The van der Waals surface area contributed by atoms with E-state index in [1.165, 1.54) is 5.56 Å². The third-order valence-electron chi connectivity index (χ3n) is 3.93. The zero-order valence-electron chi connectivity index (χ0n) is 10.4. The highest BCUT2D eigenvalue weighted by atomic mass is 16.4. The van der Waals surface area contributed by atoms with E-state index in [2.05, 4.69) is 6.07 Å². The van der Waals surface area contributed by atoms with Crippen LogP contribution < -0.4 is 0 Å². The van der Waals surface area contributed by atoms with Crippen LogP contribution in [0.2, 0.25) is 0 Å². The first-order valence-corrected chi connectivity index (χ1v) is 6.16. The summed E-state index contributed by atoms with van der Waals surface area (Å²) in [6, 6.07) is 7.94. The molecule has 0 aromatic heterocycles. The topological polar surface area (TPSA) is 40.5 Å². The number of hydrogen-bond donors (Lipinski definition) is 1. The Labute approximate surface area is 102 Å². The molecule has 0 aliphatic heterocycles. The van der Waals surface area contributed by atoms with Gasteiger partial charge in [0.1, 0.15) is 5.54 Å². The van der Waals surface area contributed by atoms with Crippen molar-refractivity contribution >= 4 is 5.97 Å². The van der Waals surface area contributed by atoms with Crippen molar-refractivity contribution in [2.75, 3.05) is 13.6 Å². The molecule has 0 saturated heterocycles. The lowest BCUT2D eigenvalue weighted by atomic mass is 9.75. The van der Waals surface area contributed by atoms with Crippen molar-refractivity contribution in [2.45, 2.75) is 31.7 Å². The number of carboxylic acids is 1. The van der Waals surface area contributed by atoms with Gasteiger partial charge in [-0.1, -0.05) is 31.2 Å². The van der Waals surface area contributed by atoms with Gasteiger partial charge in [0.05, 0.1) is 0 Å². The average molecular weight is 233 g/mol. The first-order valence-electron chi connectivity index (χ1n) is 6.16. The Morgan fingerprint density at radius 3 is 2.82 bits per heavy atom. The van der Waals surface area contributed by atoms with Crippen molar-refractivity contribution in [3.63, 3.8) is 0 Å². The molecule has 0 saturated carbocycles. The smallest absolute Gasteiger partial charge is 0.328 e. The van der Waals surface area contributed by atoms with Gasteiger partial charge in [-0.05, 0) is 44.0 Å². The Morgan fingerprint density at radius 1 is 1.47 bits per heavy atom. The molecule has 17 heavy (non-hydrogen) atoms. The van der Waals surface area contributed by atoms with Crippen molar-refractivity contribution in [3.05, 3.63) is 35.4 Å². The summed E-state index contributed by atoms with van der Waals surface area (Å²) in [6.45, 7) is 2.74. The summed E-state index contributed by atoms with van der Waals surface area (Å²) in [5.41, 5.74) is 1.33. The fourth-order valence-corrected chi connectivity index (χ4v) is 2.86. The zero-order chi connectivity index (χ0) is 12.5. The maximum atomic E-state index is 11.8. The van der Waals surface area contributed by atoms with Crippen LogP contribution in [0.15, 0.2) is 24.3 Å². The number of likely N-dealkylation sites (N-methyl/N-ethyl adjacent to an activating group) is 1. The summed E-state index contributed by atoms with van der Waals surface area (Å²) < 4.78 is 0.